The molecule has 0 bridgehead atoms. The van der Waals surface area contributed by atoms with Gasteiger partial charge in [0.15, 0.2) is 5.96 Å². The predicted octanol–water partition coefficient (Wildman–Crippen LogP) is 2.96. The standard InChI is InChI=1S/C17H23F2N5/c1-13(8-9-14-6-4-3-5-7-14)23-17(20-2)22-12-15-21-10-11-24(15)16(18)19/h3-7,10-11,13,16H,8-9,12H2,1-2H3,(H2,20,22,23). The summed E-state index contributed by atoms with van der Waals surface area (Å²) in [5.74, 6) is 0.837. The van der Waals surface area contributed by atoms with Crippen LogP contribution in [0.1, 0.15) is 31.3 Å². The van der Waals surface area contributed by atoms with E-state index in [1.807, 2.05) is 18.2 Å². The Bertz CT molecular complexity index is 639. The highest BCUT2D eigenvalue weighted by Crippen LogP contribution is 2.12. The Kier molecular flexibility index (Phi) is 6.72. The van der Waals surface area contributed by atoms with Crippen molar-refractivity contribution < 1.29 is 8.78 Å². The van der Waals surface area contributed by atoms with Gasteiger partial charge < -0.3 is 10.6 Å². The third-order valence-electron chi connectivity index (χ3n) is 3.69. The van der Waals surface area contributed by atoms with Gasteiger partial charge in [0, 0.05) is 25.5 Å². The van der Waals surface area contributed by atoms with Crippen LogP contribution in [-0.2, 0) is 13.0 Å². The van der Waals surface area contributed by atoms with Crippen molar-refractivity contribution in [3.63, 3.8) is 0 Å². The molecule has 1 heterocycles. The minimum absolute atomic E-state index is 0.183. The number of aryl methyl sites for hydroxylation is 1. The summed E-state index contributed by atoms with van der Waals surface area (Å²) >= 11 is 0. The molecule has 2 N–H and O–H groups in total. The first-order valence-corrected chi connectivity index (χ1v) is 7.91. The fourth-order valence-electron chi connectivity index (χ4n) is 2.35. The van der Waals surface area contributed by atoms with Crippen LogP contribution in [0, 0.1) is 0 Å². The van der Waals surface area contributed by atoms with Gasteiger partial charge in [0.2, 0.25) is 0 Å². The molecule has 0 aliphatic carbocycles. The Labute approximate surface area is 140 Å². The number of halogens is 2. The smallest absolute Gasteiger partial charge is 0.319 e. The second kappa shape index (κ2) is 9.00. The van der Waals surface area contributed by atoms with Crippen LogP contribution in [0.5, 0.6) is 0 Å². The van der Waals surface area contributed by atoms with E-state index in [1.165, 1.54) is 18.0 Å². The predicted molar refractivity (Wildman–Crippen MR) is 91.0 cm³/mol. The lowest BCUT2D eigenvalue weighted by atomic mass is 10.1. The van der Waals surface area contributed by atoms with Crippen molar-refractivity contribution in [3.8, 4) is 0 Å². The van der Waals surface area contributed by atoms with Crippen LogP contribution in [0.25, 0.3) is 0 Å². The van der Waals surface area contributed by atoms with Crippen LogP contribution < -0.4 is 10.6 Å². The highest BCUT2D eigenvalue weighted by Gasteiger charge is 2.12. The summed E-state index contributed by atoms with van der Waals surface area (Å²) in [5.41, 5.74) is 1.29. The number of benzene rings is 1. The molecule has 5 nitrogen and oxygen atoms in total. The van der Waals surface area contributed by atoms with Crippen LogP contribution in [0.3, 0.4) is 0 Å². The molecule has 1 aromatic carbocycles. The number of alkyl halides is 2. The van der Waals surface area contributed by atoms with E-state index < -0.39 is 6.55 Å². The van der Waals surface area contributed by atoms with E-state index in [-0.39, 0.29) is 18.4 Å². The Hall–Kier alpha value is -2.44. The molecule has 2 aromatic rings. The largest absolute Gasteiger partial charge is 0.354 e. The second-order valence-corrected chi connectivity index (χ2v) is 5.52. The molecule has 0 saturated heterocycles. The van der Waals surface area contributed by atoms with Crippen molar-refractivity contribution in [2.24, 2.45) is 4.99 Å². The molecule has 0 radical (unpaired) electrons. The van der Waals surface area contributed by atoms with Gasteiger partial charge in [0.25, 0.3) is 0 Å². The highest BCUT2D eigenvalue weighted by molar-refractivity contribution is 5.79. The average molecular weight is 335 g/mol. The number of imidazole rings is 1. The molecule has 1 unspecified atom stereocenters. The van der Waals surface area contributed by atoms with Crippen LogP contribution in [0.2, 0.25) is 0 Å². The fourth-order valence-corrected chi connectivity index (χ4v) is 2.35. The Morgan fingerprint density at radius 3 is 2.71 bits per heavy atom. The molecular formula is C17H23F2N5. The first-order chi connectivity index (χ1) is 11.6. The van der Waals surface area contributed by atoms with Gasteiger partial charge in [0.05, 0.1) is 6.54 Å². The molecule has 0 amide bonds. The number of hydrogen-bond donors (Lipinski definition) is 2. The SMILES string of the molecule is CN=C(NCc1nccn1C(F)F)NC(C)CCc1ccccc1. The summed E-state index contributed by atoms with van der Waals surface area (Å²) in [7, 11) is 1.65. The molecule has 2 rings (SSSR count). The zero-order valence-corrected chi connectivity index (χ0v) is 13.9. The third kappa shape index (κ3) is 5.33. The lowest BCUT2D eigenvalue weighted by Crippen LogP contribution is -2.42. The van der Waals surface area contributed by atoms with Gasteiger partial charge in [-0.1, -0.05) is 30.3 Å². The first-order valence-electron chi connectivity index (χ1n) is 7.91. The van der Waals surface area contributed by atoms with E-state index in [4.69, 9.17) is 0 Å². The van der Waals surface area contributed by atoms with E-state index in [9.17, 15) is 8.78 Å². The monoisotopic (exact) mass is 335 g/mol. The number of hydrogen-bond acceptors (Lipinski definition) is 2. The fraction of sp³-hybridized carbons (Fsp3) is 0.412. The van der Waals surface area contributed by atoms with Gasteiger partial charge in [-0.3, -0.25) is 9.56 Å². The quantitative estimate of drug-likeness (QED) is 0.604. The molecule has 0 fully saturated rings. The van der Waals surface area contributed by atoms with E-state index in [1.54, 1.807) is 7.05 Å². The first kappa shape index (κ1) is 17.9. The van der Waals surface area contributed by atoms with Crippen molar-refractivity contribution in [2.45, 2.75) is 38.9 Å². The van der Waals surface area contributed by atoms with Crippen LogP contribution in [0.4, 0.5) is 8.78 Å². The van der Waals surface area contributed by atoms with E-state index in [0.29, 0.717) is 5.96 Å². The average Bonchev–Trinajstić information content (AvgIpc) is 3.06. The zero-order valence-electron chi connectivity index (χ0n) is 13.9. The zero-order chi connectivity index (χ0) is 17.4. The molecule has 0 saturated carbocycles. The minimum Gasteiger partial charge on any atom is -0.354 e. The van der Waals surface area contributed by atoms with Crippen LogP contribution in [0.15, 0.2) is 47.7 Å². The number of nitrogens with one attached hydrogen (secondary N) is 2. The summed E-state index contributed by atoms with van der Waals surface area (Å²) in [6.07, 6.45) is 4.53. The summed E-state index contributed by atoms with van der Waals surface area (Å²) in [4.78, 5) is 8.06. The number of aromatic nitrogens is 2. The number of guanidine groups is 1. The van der Waals surface area contributed by atoms with Gasteiger partial charge in [-0.2, -0.15) is 8.78 Å². The van der Waals surface area contributed by atoms with Crippen LogP contribution >= 0.6 is 0 Å². The summed E-state index contributed by atoms with van der Waals surface area (Å²) in [5, 5.41) is 6.28. The normalized spacial score (nSPS) is 13.1. The molecule has 1 atom stereocenters. The molecule has 7 heteroatoms. The Balaban J connectivity index is 1.80. The molecular weight excluding hydrogens is 312 g/mol. The molecule has 0 spiro atoms. The lowest BCUT2D eigenvalue weighted by Gasteiger charge is -2.18. The molecule has 130 valence electrons. The molecule has 0 aliphatic rings. The van der Waals surface area contributed by atoms with Gasteiger partial charge in [-0.05, 0) is 25.3 Å². The van der Waals surface area contributed by atoms with E-state index >= 15 is 0 Å². The van der Waals surface area contributed by atoms with Gasteiger partial charge in [-0.25, -0.2) is 4.98 Å². The van der Waals surface area contributed by atoms with Crippen LogP contribution in [-0.4, -0.2) is 28.6 Å². The topological polar surface area (TPSA) is 54.2 Å². The molecule has 1 aromatic heterocycles. The van der Waals surface area contributed by atoms with Gasteiger partial charge in [-0.15, -0.1) is 0 Å². The van der Waals surface area contributed by atoms with Gasteiger partial charge >= 0.3 is 6.55 Å². The maximum absolute atomic E-state index is 12.8. The highest BCUT2D eigenvalue weighted by atomic mass is 19.3. The maximum Gasteiger partial charge on any atom is 0.319 e. The molecule has 0 aliphatic heterocycles. The summed E-state index contributed by atoms with van der Waals surface area (Å²) in [6, 6.07) is 10.5. The summed E-state index contributed by atoms with van der Waals surface area (Å²) < 4.78 is 26.4. The van der Waals surface area contributed by atoms with Crippen molar-refractivity contribution in [2.75, 3.05) is 7.05 Å². The Morgan fingerprint density at radius 2 is 2.04 bits per heavy atom. The van der Waals surface area contributed by atoms with E-state index in [2.05, 4.69) is 39.7 Å². The van der Waals surface area contributed by atoms with Crippen molar-refractivity contribution in [1.29, 1.82) is 0 Å². The number of aliphatic imine (C=N–C) groups is 1. The lowest BCUT2D eigenvalue weighted by molar-refractivity contribution is 0.0668. The van der Waals surface area contributed by atoms with Crippen molar-refractivity contribution in [3.05, 3.63) is 54.1 Å². The molecule has 24 heavy (non-hydrogen) atoms. The number of nitrogens with zero attached hydrogens (tertiary/aromatic N) is 3. The second-order valence-electron chi connectivity index (χ2n) is 5.52. The van der Waals surface area contributed by atoms with Crippen molar-refractivity contribution in [1.82, 2.24) is 20.2 Å². The maximum atomic E-state index is 12.8. The van der Waals surface area contributed by atoms with Crippen molar-refractivity contribution >= 4 is 5.96 Å². The third-order valence-corrected chi connectivity index (χ3v) is 3.69. The van der Waals surface area contributed by atoms with E-state index in [0.717, 1.165) is 17.4 Å². The Morgan fingerprint density at radius 1 is 1.29 bits per heavy atom. The number of rotatable bonds is 7. The van der Waals surface area contributed by atoms with Gasteiger partial charge in [0.1, 0.15) is 5.82 Å². The summed E-state index contributed by atoms with van der Waals surface area (Å²) in [6.45, 7) is -0.345. The minimum atomic E-state index is -2.59.